The molecule has 1 aromatic carbocycles. The molecule has 3 N–H and O–H groups in total. The molecule has 0 amide bonds. The van der Waals surface area contributed by atoms with Gasteiger partial charge in [0.2, 0.25) is 10.0 Å². The van der Waals surface area contributed by atoms with Gasteiger partial charge in [-0.15, -0.1) is 0 Å². The Morgan fingerprint density at radius 3 is 2.59 bits per heavy atom. The van der Waals surface area contributed by atoms with Crippen molar-refractivity contribution in [3.8, 4) is 0 Å². The van der Waals surface area contributed by atoms with Gasteiger partial charge in [-0.3, -0.25) is 0 Å². The lowest BCUT2D eigenvalue weighted by Gasteiger charge is -2.32. The lowest BCUT2D eigenvalue weighted by Crippen LogP contribution is -2.50. The summed E-state index contributed by atoms with van der Waals surface area (Å²) in [5.41, 5.74) is 6.65. The zero-order valence-electron chi connectivity index (χ0n) is 9.48. The summed E-state index contributed by atoms with van der Waals surface area (Å²) in [5.74, 6) is 0. The fourth-order valence-corrected chi connectivity index (χ4v) is 4.32. The van der Waals surface area contributed by atoms with E-state index in [1.165, 1.54) is 0 Å². The SMILES string of the molecule is Cc1ccc(S(=O)(=O)NC2CC(N)C2)c(Br)c1. The standard InChI is InChI=1S/C11H15BrN2O2S/c1-7-2-3-11(10(12)4-7)17(15,16)14-9-5-8(13)6-9/h2-4,8-9,14H,5-6,13H2,1H3. The molecule has 1 aliphatic rings. The number of aryl methyl sites for hydroxylation is 1. The van der Waals surface area contributed by atoms with Gasteiger partial charge in [0, 0.05) is 16.6 Å². The Bertz CT molecular complexity index is 524. The van der Waals surface area contributed by atoms with Crippen LogP contribution in [-0.4, -0.2) is 20.5 Å². The summed E-state index contributed by atoms with van der Waals surface area (Å²) >= 11 is 3.28. The third-order valence-corrected chi connectivity index (χ3v) is 5.37. The highest BCUT2D eigenvalue weighted by molar-refractivity contribution is 9.10. The van der Waals surface area contributed by atoms with E-state index in [0.29, 0.717) is 17.3 Å². The first kappa shape index (κ1) is 13.0. The molecular formula is C11H15BrN2O2S. The Labute approximate surface area is 110 Å². The van der Waals surface area contributed by atoms with Crippen LogP contribution in [0.25, 0.3) is 0 Å². The highest BCUT2D eigenvalue weighted by atomic mass is 79.9. The van der Waals surface area contributed by atoms with E-state index in [9.17, 15) is 8.42 Å². The van der Waals surface area contributed by atoms with Crippen molar-refractivity contribution in [3.05, 3.63) is 28.2 Å². The summed E-state index contributed by atoms with van der Waals surface area (Å²) in [6.07, 6.45) is 1.42. The molecule has 6 heteroatoms. The Kier molecular flexibility index (Phi) is 3.58. The van der Waals surface area contributed by atoms with E-state index in [4.69, 9.17) is 5.73 Å². The summed E-state index contributed by atoms with van der Waals surface area (Å²) < 4.78 is 27.4. The van der Waals surface area contributed by atoms with Gasteiger partial charge in [0.05, 0.1) is 4.90 Å². The molecule has 94 valence electrons. The smallest absolute Gasteiger partial charge is 0.241 e. The molecule has 1 saturated carbocycles. The van der Waals surface area contributed by atoms with Crippen molar-refractivity contribution < 1.29 is 8.42 Å². The Hall–Kier alpha value is -0.430. The molecule has 0 spiro atoms. The highest BCUT2D eigenvalue weighted by Crippen LogP contribution is 2.25. The summed E-state index contributed by atoms with van der Waals surface area (Å²) in [5, 5.41) is 0. The van der Waals surface area contributed by atoms with E-state index in [0.717, 1.165) is 5.56 Å². The summed E-state index contributed by atoms with van der Waals surface area (Å²) in [7, 11) is -3.44. The molecule has 1 aliphatic carbocycles. The van der Waals surface area contributed by atoms with Gasteiger partial charge >= 0.3 is 0 Å². The quantitative estimate of drug-likeness (QED) is 0.887. The summed E-state index contributed by atoms with van der Waals surface area (Å²) in [4.78, 5) is 0.281. The second-order valence-electron chi connectivity index (χ2n) is 4.48. The van der Waals surface area contributed by atoms with Crippen LogP contribution in [0, 0.1) is 6.92 Å². The second-order valence-corrected chi connectivity index (χ2v) is 7.02. The first-order valence-corrected chi connectivity index (χ1v) is 7.70. The van der Waals surface area contributed by atoms with Gasteiger partial charge in [-0.1, -0.05) is 6.07 Å². The normalized spacial score (nSPS) is 24.4. The van der Waals surface area contributed by atoms with Crippen LogP contribution in [0.4, 0.5) is 0 Å². The minimum Gasteiger partial charge on any atom is -0.328 e. The second kappa shape index (κ2) is 4.68. The fourth-order valence-electron chi connectivity index (χ4n) is 1.86. The van der Waals surface area contributed by atoms with Crippen molar-refractivity contribution in [3.63, 3.8) is 0 Å². The fraction of sp³-hybridized carbons (Fsp3) is 0.455. The molecule has 0 unspecified atom stereocenters. The average molecular weight is 319 g/mol. The number of halogens is 1. The monoisotopic (exact) mass is 318 g/mol. The lowest BCUT2D eigenvalue weighted by molar-refractivity contribution is 0.327. The Balaban J connectivity index is 2.20. The topological polar surface area (TPSA) is 72.2 Å². The minimum absolute atomic E-state index is 0.0248. The van der Waals surface area contributed by atoms with Gasteiger partial charge in [-0.05, 0) is 53.4 Å². The zero-order valence-corrected chi connectivity index (χ0v) is 11.9. The van der Waals surface area contributed by atoms with Crippen molar-refractivity contribution in [2.45, 2.75) is 36.7 Å². The van der Waals surface area contributed by atoms with Gasteiger partial charge in [0.15, 0.2) is 0 Å². The molecule has 1 aromatic rings. The third kappa shape index (κ3) is 2.88. The maximum atomic E-state index is 12.1. The maximum Gasteiger partial charge on any atom is 0.241 e. The van der Waals surface area contributed by atoms with Crippen LogP contribution < -0.4 is 10.5 Å². The molecule has 1 fully saturated rings. The van der Waals surface area contributed by atoms with Gasteiger partial charge < -0.3 is 5.73 Å². The number of nitrogens with one attached hydrogen (secondary N) is 1. The van der Waals surface area contributed by atoms with Crippen LogP contribution >= 0.6 is 15.9 Å². The zero-order chi connectivity index (χ0) is 12.6. The van der Waals surface area contributed by atoms with Gasteiger partial charge in [-0.25, -0.2) is 13.1 Å². The van der Waals surface area contributed by atoms with Crippen LogP contribution in [0.2, 0.25) is 0 Å². The van der Waals surface area contributed by atoms with Crippen LogP contribution in [0.1, 0.15) is 18.4 Å². The van der Waals surface area contributed by atoms with Gasteiger partial charge in [0.25, 0.3) is 0 Å². The Morgan fingerprint density at radius 2 is 2.06 bits per heavy atom. The largest absolute Gasteiger partial charge is 0.328 e. The van der Waals surface area contributed by atoms with Gasteiger partial charge in [-0.2, -0.15) is 0 Å². The number of sulfonamides is 1. The molecule has 2 rings (SSSR count). The van der Waals surface area contributed by atoms with Crippen LogP contribution in [0.5, 0.6) is 0 Å². The first-order valence-electron chi connectivity index (χ1n) is 5.42. The van der Waals surface area contributed by atoms with Crippen LogP contribution in [-0.2, 0) is 10.0 Å². The molecule has 4 nitrogen and oxygen atoms in total. The van der Waals surface area contributed by atoms with Crippen molar-refractivity contribution in [1.82, 2.24) is 4.72 Å². The number of benzene rings is 1. The van der Waals surface area contributed by atoms with Crippen LogP contribution in [0.15, 0.2) is 27.6 Å². The Morgan fingerprint density at radius 1 is 1.41 bits per heavy atom. The van der Waals surface area contributed by atoms with E-state index in [2.05, 4.69) is 20.7 Å². The van der Waals surface area contributed by atoms with E-state index in [1.54, 1.807) is 18.2 Å². The summed E-state index contributed by atoms with van der Waals surface area (Å²) in [6, 6.07) is 5.29. The van der Waals surface area contributed by atoms with E-state index in [-0.39, 0.29) is 17.0 Å². The predicted molar refractivity (Wildman–Crippen MR) is 70.2 cm³/mol. The molecule has 0 radical (unpaired) electrons. The van der Waals surface area contributed by atoms with E-state index in [1.807, 2.05) is 6.92 Å². The van der Waals surface area contributed by atoms with E-state index >= 15 is 0 Å². The predicted octanol–water partition coefficient (Wildman–Crippen LogP) is 1.53. The van der Waals surface area contributed by atoms with Gasteiger partial charge in [0.1, 0.15) is 0 Å². The lowest BCUT2D eigenvalue weighted by atomic mass is 9.89. The van der Waals surface area contributed by atoms with Crippen molar-refractivity contribution in [2.24, 2.45) is 5.73 Å². The number of rotatable bonds is 3. The highest BCUT2D eigenvalue weighted by Gasteiger charge is 2.30. The molecule has 0 saturated heterocycles. The third-order valence-electron chi connectivity index (χ3n) is 2.87. The number of nitrogens with two attached hydrogens (primary N) is 1. The summed E-state index contributed by atoms with van der Waals surface area (Å²) in [6.45, 7) is 1.92. The molecule has 0 atom stereocenters. The molecule has 17 heavy (non-hydrogen) atoms. The van der Waals surface area contributed by atoms with Crippen molar-refractivity contribution in [1.29, 1.82) is 0 Å². The van der Waals surface area contributed by atoms with Crippen LogP contribution in [0.3, 0.4) is 0 Å². The van der Waals surface area contributed by atoms with Crippen molar-refractivity contribution >= 4 is 26.0 Å². The first-order chi connectivity index (χ1) is 7.88. The molecule has 0 heterocycles. The minimum atomic E-state index is -3.44. The molecule has 0 aromatic heterocycles. The number of hydrogen-bond donors (Lipinski definition) is 2. The average Bonchev–Trinajstić information content (AvgIpc) is 2.14. The molecular weight excluding hydrogens is 304 g/mol. The molecule has 0 bridgehead atoms. The molecule has 0 aliphatic heterocycles. The van der Waals surface area contributed by atoms with E-state index < -0.39 is 10.0 Å². The maximum absolute atomic E-state index is 12.1. The number of hydrogen-bond acceptors (Lipinski definition) is 3. The van der Waals surface area contributed by atoms with Crippen molar-refractivity contribution in [2.75, 3.05) is 0 Å².